The minimum Gasteiger partial charge on any atom is -0.493 e. The van der Waals surface area contributed by atoms with Crippen molar-refractivity contribution >= 4 is 39.3 Å². The zero-order valence-electron chi connectivity index (χ0n) is 17.0. The molecular weight excluding hydrogens is 382 g/mol. The van der Waals surface area contributed by atoms with Crippen molar-refractivity contribution in [3.8, 4) is 22.6 Å². The number of ether oxygens (including phenoxy) is 3. The van der Waals surface area contributed by atoms with E-state index in [9.17, 15) is 4.79 Å². The number of pyridine rings is 2. The lowest BCUT2D eigenvalue weighted by Gasteiger charge is -2.31. The monoisotopic (exact) mass is 401 g/mol. The van der Waals surface area contributed by atoms with Gasteiger partial charge >= 0.3 is 5.97 Å². The Balaban J connectivity index is 2.03. The van der Waals surface area contributed by atoms with Crippen LogP contribution in [0.15, 0.2) is 42.6 Å². The van der Waals surface area contributed by atoms with Gasteiger partial charge in [0.2, 0.25) is 0 Å². The van der Waals surface area contributed by atoms with Gasteiger partial charge in [0.25, 0.3) is 0 Å². The van der Waals surface area contributed by atoms with Gasteiger partial charge in [-0.15, -0.1) is 0 Å². The van der Waals surface area contributed by atoms with Crippen molar-refractivity contribution in [2.24, 2.45) is 0 Å². The van der Waals surface area contributed by atoms with Gasteiger partial charge in [-0.1, -0.05) is 18.2 Å². The van der Waals surface area contributed by atoms with Crippen molar-refractivity contribution in [1.29, 1.82) is 0 Å². The molecule has 0 unspecified atom stereocenters. The molecule has 7 heteroatoms. The Morgan fingerprint density at radius 3 is 2.60 bits per heavy atom. The Hall–Kier alpha value is -3.87. The Bertz CT molecular complexity index is 1350. The molecule has 2 aromatic heterocycles. The van der Waals surface area contributed by atoms with Crippen LogP contribution in [0.2, 0.25) is 0 Å². The Morgan fingerprint density at radius 1 is 1.07 bits per heavy atom. The van der Waals surface area contributed by atoms with Crippen molar-refractivity contribution in [2.75, 3.05) is 33.3 Å². The average molecular weight is 401 g/mol. The summed E-state index contributed by atoms with van der Waals surface area (Å²) in [5.41, 5.74) is 4.26. The number of nitrogens with zero attached hydrogens (tertiary/aromatic N) is 3. The SMILES string of the molecule is COC(=O)c1c2c(nc3ccccc13)N(C)c1ccnc3c(OC)c(OC)cc-2c13. The van der Waals surface area contributed by atoms with Crippen molar-refractivity contribution in [2.45, 2.75) is 0 Å². The summed E-state index contributed by atoms with van der Waals surface area (Å²) in [5.74, 6) is 1.32. The highest BCUT2D eigenvalue weighted by Crippen LogP contribution is 2.52. The third-order valence-corrected chi connectivity index (χ3v) is 5.55. The number of aromatic nitrogens is 2. The third-order valence-electron chi connectivity index (χ3n) is 5.55. The first-order valence-electron chi connectivity index (χ1n) is 9.39. The van der Waals surface area contributed by atoms with Crippen molar-refractivity contribution in [3.63, 3.8) is 0 Å². The topological polar surface area (TPSA) is 73.8 Å². The fourth-order valence-corrected chi connectivity index (χ4v) is 4.23. The van der Waals surface area contributed by atoms with E-state index in [-0.39, 0.29) is 0 Å². The minimum atomic E-state index is -0.423. The predicted octanol–water partition coefficient (Wildman–Crippen LogP) is 4.34. The van der Waals surface area contributed by atoms with Gasteiger partial charge in [-0.05, 0) is 18.2 Å². The molecule has 0 saturated heterocycles. The molecule has 5 rings (SSSR count). The number of benzene rings is 2. The molecule has 3 heterocycles. The molecule has 0 saturated carbocycles. The number of para-hydroxylation sites is 1. The van der Waals surface area contributed by atoms with E-state index in [4.69, 9.17) is 19.2 Å². The van der Waals surface area contributed by atoms with E-state index in [1.54, 1.807) is 20.4 Å². The highest BCUT2D eigenvalue weighted by molar-refractivity contribution is 6.20. The maximum absolute atomic E-state index is 13.0. The molecule has 4 aromatic rings. The summed E-state index contributed by atoms with van der Waals surface area (Å²) < 4.78 is 16.4. The number of fused-ring (bicyclic) bond motifs is 3. The Labute approximate surface area is 172 Å². The van der Waals surface area contributed by atoms with Crippen LogP contribution >= 0.6 is 0 Å². The number of methoxy groups -OCH3 is 3. The molecule has 0 bridgehead atoms. The molecule has 0 spiro atoms. The van der Waals surface area contributed by atoms with Gasteiger partial charge in [0, 0.05) is 35.1 Å². The zero-order valence-corrected chi connectivity index (χ0v) is 17.0. The fourth-order valence-electron chi connectivity index (χ4n) is 4.23. The van der Waals surface area contributed by atoms with Crippen LogP contribution in [0.3, 0.4) is 0 Å². The molecule has 0 aliphatic carbocycles. The van der Waals surface area contributed by atoms with Crippen LogP contribution in [0.4, 0.5) is 11.5 Å². The molecule has 7 nitrogen and oxygen atoms in total. The highest BCUT2D eigenvalue weighted by Gasteiger charge is 2.32. The number of rotatable bonds is 3. The smallest absolute Gasteiger partial charge is 0.339 e. The second kappa shape index (κ2) is 6.59. The Kier molecular flexibility index (Phi) is 3.99. The highest BCUT2D eigenvalue weighted by atomic mass is 16.5. The maximum Gasteiger partial charge on any atom is 0.339 e. The summed E-state index contributed by atoms with van der Waals surface area (Å²) in [7, 11) is 6.48. The van der Waals surface area contributed by atoms with Crippen LogP contribution in [0.25, 0.3) is 32.9 Å². The van der Waals surface area contributed by atoms with Crippen LogP contribution < -0.4 is 14.4 Å². The average Bonchev–Trinajstić information content (AvgIpc) is 2.79. The van der Waals surface area contributed by atoms with Crippen LogP contribution in [0, 0.1) is 0 Å². The zero-order chi connectivity index (χ0) is 21.0. The van der Waals surface area contributed by atoms with Crippen LogP contribution in [-0.2, 0) is 4.74 Å². The molecule has 30 heavy (non-hydrogen) atoms. The molecule has 0 amide bonds. The third kappa shape index (κ3) is 2.29. The molecule has 150 valence electrons. The van der Waals surface area contributed by atoms with Crippen LogP contribution in [0.1, 0.15) is 10.4 Å². The van der Waals surface area contributed by atoms with Gasteiger partial charge in [-0.25, -0.2) is 9.78 Å². The van der Waals surface area contributed by atoms with E-state index >= 15 is 0 Å². The molecule has 0 atom stereocenters. The second-order valence-electron chi connectivity index (χ2n) is 6.97. The summed E-state index contributed by atoms with van der Waals surface area (Å²) >= 11 is 0. The molecule has 0 fully saturated rings. The summed E-state index contributed by atoms with van der Waals surface area (Å²) in [6.45, 7) is 0. The van der Waals surface area contributed by atoms with Gasteiger partial charge in [-0.3, -0.25) is 4.98 Å². The number of esters is 1. The van der Waals surface area contributed by atoms with Gasteiger partial charge in [0.05, 0.1) is 38.1 Å². The van der Waals surface area contributed by atoms with E-state index in [2.05, 4.69) is 4.98 Å². The predicted molar refractivity (Wildman–Crippen MR) is 115 cm³/mol. The Morgan fingerprint density at radius 2 is 1.87 bits per heavy atom. The standard InChI is InChI=1S/C23H19N3O4/c1-26-15-9-10-24-20-17(15)13(11-16(28-2)21(20)29-3)18-19(23(27)30-4)12-7-5-6-8-14(12)25-22(18)26/h5-11H,1-4H3. The summed E-state index contributed by atoms with van der Waals surface area (Å²) in [6, 6.07) is 11.4. The summed E-state index contributed by atoms with van der Waals surface area (Å²) in [5, 5.41) is 1.60. The van der Waals surface area contributed by atoms with E-state index in [1.807, 2.05) is 48.3 Å². The van der Waals surface area contributed by atoms with E-state index < -0.39 is 5.97 Å². The number of anilines is 2. The largest absolute Gasteiger partial charge is 0.493 e. The van der Waals surface area contributed by atoms with Gasteiger partial charge < -0.3 is 19.1 Å². The van der Waals surface area contributed by atoms with E-state index in [1.165, 1.54) is 7.11 Å². The number of carbonyl (C=O) groups excluding carboxylic acids is 1. The number of hydrogen-bond acceptors (Lipinski definition) is 7. The minimum absolute atomic E-state index is 0.423. The van der Waals surface area contributed by atoms with Crippen LogP contribution in [-0.4, -0.2) is 44.3 Å². The quantitative estimate of drug-likeness (QED) is 0.473. The van der Waals surface area contributed by atoms with Gasteiger partial charge in [0.15, 0.2) is 11.5 Å². The first-order chi connectivity index (χ1) is 14.6. The van der Waals surface area contributed by atoms with Crippen molar-refractivity contribution < 1.29 is 19.0 Å². The molecule has 1 aliphatic rings. The van der Waals surface area contributed by atoms with Crippen molar-refractivity contribution in [3.05, 3.63) is 48.2 Å². The van der Waals surface area contributed by atoms with E-state index in [0.29, 0.717) is 34.0 Å². The lowest BCUT2D eigenvalue weighted by atomic mass is 9.89. The van der Waals surface area contributed by atoms with Crippen LogP contribution in [0.5, 0.6) is 11.5 Å². The summed E-state index contributed by atoms with van der Waals surface area (Å²) in [6.07, 6.45) is 1.73. The number of carbonyl (C=O) groups is 1. The second-order valence-corrected chi connectivity index (χ2v) is 6.97. The van der Waals surface area contributed by atoms with Crippen molar-refractivity contribution in [1.82, 2.24) is 9.97 Å². The normalized spacial score (nSPS) is 12.1. The first-order valence-corrected chi connectivity index (χ1v) is 9.39. The lowest BCUT2D eigenvalue weighted by molar-refractivity contribution is 0.0604. The van der Waals surface area contributed by atoms with E-state index in [0.717, 1.165) is 27.5 Å². The molecule has 1 aliphatic heterocycles. The number of hydrogen-bond donors (Lipinski definition) is 0. The molecule has 0 radical (unpaired) electrons. The molecular formula is C23H19N3O4. The lowest BCUT2D eigenvalue weighted by Crippen LogP contribution is -2.20. The molecule has 2 aromatic carbocycles. The summed E-state index contributed by atoms with van der Waals surface area (Å²) in [4.78, 5) is 24.4. The fraction of sp³-hybridized carbons (Fsp3) is 0.174. The maximum atomic E-state index is 13.0. The van der Waals surface area contributed by atoms with Gasteiger partial charge in [-0.2, -0.15) is 0 Å². The van der Waals surface area contributed by atoms with Gasteiger partial charge in [0.1, 0.15) is 11.3 Å². The molecule has 0 N–H and O–H groups in total. The first kappa shape index (κ1) is 18.2.